The number of fused-ring (bicyclic) bond motifs is 3. The van der Waals surface area contributed by atoms with Gasteiger partial charge in [0, 0.05) is 6.21 Å². The first-order valence-electron chi connectivity index (χ1n) is 6.54. The van der Waals surface area contributed by atoms with Crippen LogP contribution in [0.5, 0.6) is 0 Å². The van der Waals surface area contributed by atoms with E-state index in [1.165, 1.54) is 33.4 Å². The lowest BCUT2D eigenvalue weighted by atomic mass is 9.97. The Labute approximate surface area is 112 Å². The van der Waals surface area contributed by atoms with Crippen molar-refractivity contribution >= 4 is 17.4 Å². The van der Waals surface area contributed by atoms with E-state index in [-0.39, 0.29) is 0 Å². The third-order valence-electron chi connectivity index (χ3n) is 3.77. The summed E-state index contributed by atoms with van der Waals surface area (Å²) in [6.07, 6.45) is 4.05. The number of nitrogens with zero attached hydrogens (tertiary/aromatic N) is 1. The average molecular weight is 243 g/mol. The number of benzene rings is 2. The molecule has 0 N–H and O–H groups in total. The predicted octanol–water partition coefficient (Wildman–Crippen LogP) is 3.97. The minimum atomic E-state index is 0.782. The minimum absolute atomic E-state index is 0.782. The Morgan fingerprint density at radius 3 is 2.37 bits per heavy atom. The van der Waals surface area contributed by atoms with Gasteiger partial charge in [0.05, 0.1) is 6.54 Å². The summed E-state index contributed by atoms with van der Waals surface area (Å²) < 4.78 is 0. The molecule has 2 aromatic carbocycles. The SMILES string of the molecule is C1=NCC2=C(c3ccccc3)c3ccccc3C2=C1. The lowest BCUT2D eigenvalue weighted by Crippen LogP contribution is -1.96. The Hall–Kier alpha value is -2.41. The van der Waals surface area contributed by atoms with Crippen molar-refractivity contribution in [1.82, 2.24) is 0 Å². The minimum Gasteiger partial charge on any atom is -0.288 e. The largest absolute Gasteiger partial charge is 0.288 e. The van der Waals surface area contributed by atoms with Gasteiger partial charge in [-0.05, 0) is 39.5 Å². The van der Waals surface area contributed by atoms with E-state index >= 15 is 0 Å². The Balaban J connectivity index is 2.03. The van der Waals surface area contributed by atoms with Gasteiger partial charge in [-0.2, -0.15) is 0 Å². The molecular weight excluding hydrogens is 230 g/mol. The standard InChI is InChI=1S/C18H13N/c1-2-6-13(7-3-1)18-16-9-5-4-8-14(16)15-10-11-19-12-17(15)18/h1-11H,12H2. The smallest absolute Gasteiger partial charge is 0.0652 e. The molecule has 0 saturated heterocycles. The van der Waals surface area contributed by atoms with Crippen LogP contribution in [0.15, 0.2) is 71.2 Å². The van der Waals surface area contributed by atoms with Gasteiger partial charge in [-0.3, -0.25) is 4.99 Å². The summed E-state index contributed by atoms with van der Waals surface area (Å²) >= 11 is 0. The number of rotatable bonds is 1. The predicted molar refractivity (Wildman–Crippen MR) is 80.2 cm³/mol. The topological polar surface area (TPSA) is 12.4 Å². The van der Waals surface area contributed by atoms with Gasteiger partial charge in [-0.1, -0.05) is 54.6 Å². The van der Waals surface area contributed by atoms with Gasteiger partial charge in [0.25, 0.3) is 0 Å². The van der Waals surface area contributed by atoms with Crippen LogP contribution in [0.4, 0.5) is 0 Å². The summed E-state index contributed by atoms with van der Waals surface area (Å²) in [7, 11) is 0. The molecule has 0 aromatic heterocycles. The second kappa shape index (κ2) is 4.06. The van der Waals surface area contributed by atoms with Crippen molar-refractivity contribution in [3.05, 3.63) is 82.9 Å². The maximum absolute atomic E-state index is 4.42. The molecule has 1 nitrogen and oxygen atoms in total. The zero-order valence-corrected chi connectivity index (χ0v) is 10.5. The second-order valence-corrected chi connectivity index (χ2v) is 4.84. The zero-order valence-electron chi connectivity index (χ0n) is 10.5. The van der Waals surface area contributed by atoms with E-state index in [0.717, 1.165) is 6.54 Å². The maximum atomic E-state index is 4.42. The van der Waals surface area contributed by atoms with E-state index < -0.39 is 0 Å². The van der Waals surface area contributed by atoms with Crippen LogP contribution >= 0.6 is 0 Å². The third kappa shape index (κ3) is 1.52. The Morgan fingerprint density at radius 2 is 1.53 bits per heavy atom. The molecule has 0 atom stereocenters. The molecule has 0 bridgehead atoms. The van der Waals surface area contributed by atoms with E-state index in [1.807, 2.05) is 6.21 Å². The molecule has 90 valence electrons. The summed E-state index contributed by atoms with van der Waals surface area (Å²) in [6, 6.07) is 19.3. The average Bonchev–Trinajstić information content (AvgIpc) is 2.83. The van der Waals surface area contributed by atoms with E-state index in [4.69, 9.17) is 0 Å². The van der Waals surface area contributed by atoms with Crippen LogP contribution in [0, 0.1) is 0 Å². The molecule has 0 fully saturated rings. The van der Waals surface area contributed by atoms with Crippen LogP contribution in [0.3, 0.4) is 0 Å². The van der Waals surface area contributed by atoms with Crippen LogP contribution < -0.4 is 0 Å². The first-order valence-corrected chi connectivity index (χ1v) is 6.54. The molecule has 0 spiro atoms. The van der Waals surface area contributed by atoms with Gasteiger partial charge >= 0.3 is 0 Å². The molecule has 1 aliphatic heterocycles. The fourth-order valence-corrected chi connectivity index (χ4v) is 2.96. The van der Waals surface area contributed by atoms with Gasteiger partial charge in [0.1, 0.15) is 0 Å². The maximum Gasteiger partial charge on any atom is 0.0652 e. The summed E-state index contributed by atoms with van der Waals surface area (Å²) in [5.74, 6) is 0. The van der Waals surface area contributed by atoms with Crippen molar-refractivity contribution in [3.8, 4) is 0 Å². The number of allylic oxidation sites excluding steroid dienone is 1. The first-order chi connectivity index (χ1) is 9.45. The summed E-state index contributed by atoms with van der Waals surface area (Å²) in [5, 5.41) is 0. The van der Waals surface area contributed by atoms with Crippen molar-refractivity contribution in [1.29, 1.82) is 0 Å². The first kappa shape index (κ1) is 10.5. The number of hydrogen-bond donors (Lipinski definition) is 0. The second-order valence-electron chi connectivity index (χ2n) is 4.84. The van der Waals surface area contributed by atoms with Crippen molar-refractivity contribution in [2.75, 3.05) is 6.54 Å². The van der Waals surface area contributed by atoms with Gasteiger partial charge in [-0.15, -0.1) is 0 Å². The van der Waals surface area contributed by atoms with Gasteiger partial charge in [0.15, 0.2) is 0 Å². The summed E-state index contributed by atoms with van der Waals surface area (Å²) in [5.41, 5.74) is 7.99. The lowest BCUT2D eigenvalue weighted by Gasteiger charge is -2.09. The molecule has 4 rings (SSSR count). The summed E-state index contributed by atoms with van der Waals surface area (Å²) in [4.78, 5) is 4.42. The molecule has 1 heterocycles. The number of aliphatic imine (C=N–C) groups is 1. The van der Waals surface area contributed by atoms with E-state index in [0.29, 0.717) is 0 Å². The highest BCUT2D eigenvalue weighted by Crippen LogP contribution is 2.44. The van der Waals surface area contributed by atoms with Crippen molar-refractivity contribution < 1.29 is 0 Å². The fourth-order valence-electron chi connectivity index (χ4n) is 2.96. The molecule has 0 amide bonds. The van der Waals surface area contributed by atoms with Gasteiger partial charge in [0.2, 0.25) is 0 Å². The van der Waals surface area contributed by atoms with Crippen LogP contribution in [0.25, 0.3) is 11.1 Å². The molecule has 2 aromatic rings. The van der Waals surface area contributed by atoms with Crippen LogP contribution in [0.1, 0.15) is 16.7 Å². The highest BCUT2D eigenvalue weighted by atomic mass is 14.7. The number of dihydropyridines is 1. The molecular formula is C18H13N. The third-order valence-corrected chi connectivity index (χ3v) is 3.77. The van der Waals surface area contributed by atoms with Crippen molar-refractivity contribution in [3.63, 3.8) is 0 Å². The lowest BCUT2D eigenvalue weighted by molar-refractivity contribution is 1.20. The fraction of sp³-hybridized carbons (Fsp3) is 0.0556. The molecule has 0 saturated carbocycles. The monoisotopic (exact) mass is 243 g/mol. The highest BCUT2D eigenvalue weighted by molar-refractivity contribution is 6.09. The normalized spacial score (nSPS) is 16.1. The molecule has 0 radical (unpaired) electrons. The van der Waals surface area contributed by atoms with E-state index in [1.54, 1.807) is 0 Å². The Morgan fingerprint density at radius 1 is 0.789 bits per heavy atom. The molecule has 2 aliphatic rings. The number of hydrogen-bond acceptors (Lipinski definition) is 1. The Kier molecular flexibility index (Phi) is 2.25. The van der Waals surface area contributed by atoms with E-state index in [9.17, 15) is 0 Å². The summed E-state index contributed by atoms with van der Waals surface area (Å²) in [6.45, 7) is 0.782. The van der Waals surface area contributed by atoms with Crippen molar-refractivity contribution in [2.45, 2.75) is 0 Å². The molecule has 0 unspecified atom stereocenters. The zero-order chi connectivity index (χ0) is 12.7. The molecule has 1 heteroatoms. The molecule has 1 aliphatic carbocycles. The van der Waals surface area contributed by atoms with Crippen LogP contribution in [0.2, 0.25) is 0 Å². The van der Waals surface area contributed by atoms with Crippen LogP contribution in [-0.2, 0) is 0 Å². The van der Waals surface area contributed by atoms with Gasteiger partial charge in [-0.25, -0.2) is 0 Å². The Bertz CT molecular complexity index is 733. The van der Waals surface area contributed by atoms with Crippen LogP contribution in [-0.4, -0.2) is 12.8 Å². The quantitative estimate of drug-likeness (QED) is 0.718. The molecule has 19 heavy (non-hydrogen) atoms. The van der Waals surface area contributed by atoms with Gasteiger partial charge < -0.3 is 0 Å². The highest BCUT2D eigenvalue weighted by Gasteiger charge is 2.27. The van der Waals surface area contributed by atoms with Crippen molar-refractivity contribution in [2.24, 2.45) is 4.99 Å². The van der Waals surface area contributed by atoms with E-state index in [2.05, 4.69) is 65.7 Å².